The summed E-state index contributed by atoms with van der Waals surface area (Å²) in [6.45, 7) is 9.22. The molecule has 3 heteroatoms. The standard InChI is InChI=1S/C20H24NOP/c1-14-9-11-15(12-10-14)23-18-8-6-5-7-16(18)17-13-22-19(21-17)20(2,3)4/h5-12,17,23H,13H2,1-4H3/t17-/m1/s1. The van der Waals surface area contributed by atoms with E-state index in [4.69, 9.17) is 9.73 Å². The Morgan fingerprint density at radius 1 is 1.04 bits per heavy atom. The van der Waals surface area contributed by atoms with E-state index in [1.807, 2.05) is 0 Å². The number of hydrogen-bond donors (Lipinski definition) is 0. The van der Waals surface area contributed by atoms with Crippen LogP contribution in [0.1, 0.15) is 37.9 Å². The van der Waals surface area contributed by atoms with Crippen molar-refractivity contribution in [2.45, 2.75) is 33.7 Å². The van der Waals surface area contributed by atoms with E-state index in [9.17, 15) is 0 Å². The van der Waals surface area contributed by atoms with Crippen molar-refractivity contribution in [3.63, 3.8) is 0 Å². The second-order valence-electron chi connectivity index (χ2n) is 7.09. The highest BCUT2D eigenvalue weighted by Crippen LogP contribution is 2.30. The Morgan fingerprint density at radius 2 is 1.74 bits per heavy atom. The van der Waals surface area contributed by atoms with Crippen LogP contribution in [0.3, 0.4) is 0 Å². The monoisotopic (exact) mass is 325 g/mol. The molecule has 0 radical (unpaired) electrons. The van der Waals surface area contributed by atoms with Crippen molar-refractivity contribution in [2.24, 2.45) is 10.4 Å². The fourth-order valence-corrected chi connectivity index (χ4v) is 3.86. The predicted molar refractivity (Wildman–Crippen MR) is 101 cm³/mol. The van der Waals surface area contributed by atoms with Crippen LogP contribution in [0.15, 0.2) is 53.5 Å². The first-order valence-corrected chi connectivity index (χ1v) is 9.07. The molecular weight excluding hydrogens is 301 g/mol. The van der Waals surface area contributed by atoms with E-state index in [0.29, 0.717) is 15.2 Å². The molecule has 1 heterocycles. The summed E-state index contributed by atoms with van der Waals surface area (Å²) in [5.74, 6) is 0.871. The maximum atomic E-state index is 5.86. The Kier molecular flexibility index (Phi) is 4.55. The van der Waals surface area contributed by atoms with Crippen molar-refractivity contribution in [3.8, 4) is 0 Å². The summed E-state index contributed by atoms with van der Waals surface area (Å²) in [7, 11) is 0.653. The molecule has 0 saturated heterocycles. The summed E-state index contributed by atoms with van der Waals surface area (Å²) in [4.78, 5) is 4.84. The van der Waals surface area contributed by atoms with Gasteiger partial charge in [0.05, 0.1) is 0 Å². The SMILES string of the molecule is Cc1ccc(Pc2ccccc2[C@H]2COC(C(C)(C)C)=N2)cc1. The number of benzene rings is 2. The van der Waals surface area contributed by atoms with Gasteiger partial charge in [0.15, 0.2) is 5.90 Å². The summed E-state index contributed by atoms with van der Waals surface area (Å²) in [6.07, 6.45) is 0. The Hall–Kier alpha value is -1.66. The number of ether oxygens (including phenoxy) is 1. The van der Waals surface area contributed by atoms with Gasteiger partial charge < -0.3 is 4.74 Å². The van der Waals surface area contributed by atoms with E-state index in [-0.39, 0.29) is 11.5 Å². The van der Waals surface area contributed by atoms with Gasteiger partial charge >= 0.3 is 0 Å². The molecule has 23 heavy (non-hydrogen) atoms. The molecule has 2 aromatic carbocycles. The van der Waals surface area contributed by atoms with E-state index in [1.165, 1.54) is 21.7 Å². The van der Waals surface area contributed by atoms with Crippen molar-refractivity contribution >= 4 is 25.1 Å². The maximum absolute atomic E-state index is 5.86. The quantitative estimate of drug-likeness (QED) is 0.777. The zero-order valence-electron chi connectivity index (χ0n) is 14.3. The minimum atomic E-state index is -0.0249. The highest BCUT2D eigenvalue weighted by Gasteiger charge is 2.29. The minimum absolute atomic E-state index is 0.0249. The average molecular weight is 325 g/mol. The summed E-state index contributed by atoms with van der Waals surface area (Å²) in [5.41, 5.74) is 2.57. The molecule has 1 aliphatic heterocycles. The topological polar surface area (TPSA) is 21.6 Å². The fraction of sp³-hybridized carbons (Fsp3) is 0.350. The first-order valence-electron chi connectivity index (χ1n) is 8.07. The molecular formula is C20H24NOP. The molecule has 0 aromatic heterocycles. The molecule has 0 aliphatic carbocycles. The number of rotatable bonds is 3. The Morgan fingerprint density at radius 3 is 2.39 bits per heavy atom. The van der Waals surface area contributed by atoms with Gasteiger partial charge in [-0.1, -0.05) is 83.4 Å². The first-order chi connectivity index (χ1) is 10.9. The molecule has 2 aromatic rings. The lowest BCUT2D eigenvalue weighted by Crippen LogP contribution is -2.20. The van der Waals surface area contributed by atoms with Gasteiger partial charge in [0.2, 0.25) is 0 Å². The normalized spacial score (nSPS) is 18.3. The molecule has 0 amide bonds. The summed E-state index contributed by atoms with van der Waals surface area (Å²) in [6, 6.07) is 17.6. The van der Waals surface area contributed by atoms with E-state index in [0.717, 1.165) is 5.90 Å². The average Bonchev–Trinajstić information content (AvgIpc) is 3.00. The van der Waals surface area contributed by atoms with Gasteiger partial charge in [-0.15, -0.1) is 0 Å². The predicted octanol–water partition coefficient (Wildman–Crippen LogP) is 4.14. The molecule has 120 valence electrons. The molecule has 0 bridgehead atoms. The zero-order chi connectivity index (χ0) is 16.4. The molecule has 0 saturated carbocycles. The highest BCUT2D eigenvalue weighted by molar-refractivity contribution is 7.55. The first kappa shape index (κ1) is 16.2. The van der Waals surface area contributed by atoms with Crippen molar-refractivity contribution < 1.29 is 4.74 Å². The third-order valence-corrected chi connectivity index (χ3v) is 5.29. The lowest BCUT2D eigenvalue weighted by atomic mass is 9.97. The van der Waals surface area contributed by atoms with Crippen molar-refractivity contribution in [3.05, 3.63) is 59.7 Å². The van der Waals surface area contributed by atoms with Crippen LogP contribution in [0.4, 0.5) is 0 Å². The maximum Gasteiger partial charge on any atom is 0.189 e. The second kappa shape index (κ2) is 6.45. The van der Waals surface area contributed by atoms with Gasteiger partial charge in [0, 0.05) is 5.41 Å². The van der Waals surface area contributed by atoms with Crippen LogP contribution in [0.25, 0.3) is 0 Å². The molecule has 1 aliphatic rings. The van der Waals surface area contributed by atoms with Crippen LogP contribution >= 0.6 is 8.58 Å². The summed E-state index contributed by atoms with van der Waals surface area (Å²) in [5, 5.41) is 2.73. The van der Waals surface area contributed by atoms with Crippen molar-refractivity contribution in [1.29, 1.82) is 0 Å². The van der Waals surface area contributed by atoms with E-state index < -0.39 is 0 Å². The van der Waals surface area contributed by atoms with Gasteiger partial charge in [-0.3, -0.25) is 0 Å². The van der Waals surface area contributed by atoms with Gasteiger partial charge in [-0.05, 0) is 23.1 Å². The molecule has 0 spiro atoms. The fourth-order valence-electron chi connectivity index (χ4n) is 2.64. The smallest absolute Gasteiger partial charge is 0.189 e. The van der Waals surface area contributed by atoms with Crippen LogP contribution in [0.5, 0.6) is 0 Å². The molecule has 3 rings (SSSR count). The van der Waals surface area contributed by atoms with Crippen molar-refractivity contribution in [1.82, 2.24) is 0 Å². The van der Waals surface area contributed by atoms with E-state index >= 15 is 0 Å². The minimum Gasteiger partial charge on any atom is -0.478 e. The van der Waals surface area contributed by atoms with Gasteiger partial charge in [-0.2, -0.15) is 0 Å². The lowest BCUT2D eigenvalue weighted by Gasteiger charge is -2.16. The summed E-state index contributed by atoms with van der Waals surface area (Å²) < 4.78 is 5.86. The second-order valence-corrected chi connectivity index (χ2v) is 8.46. The van der Waals surface area contributed by atoms with Gasteiger partial charge in [-0.25, -0.2) is 4.99 Å². The number of aryl methyl sites for hydroxylation is 1. The Bertz CT molecular complexity index is 713. The van der Waals surface area contributed by atoms with Crippen molar-refractivity contribution in [2.75, 3.05) is 6.61 Å². The van der Waals surface area contributed by atoms with E-state index in [1.54, 1.807) is 0 Å². The molecule has 1 unspecified atom stereocenters. The van der Waals surface area contributed by atoms with Gasteiger partial charge in [0.25, 0.3) is 0 Å². The number of hydrogen-bond acceptors (Lipinski definition) is 2. The highest BCUT2D eigenvalue weighted by atomic mass is 31.1. The molecule has 0 fully saturated rings. The number of aliphatic imine (C=N–C) groups is 1. The zero-order valence-corrected chi connectivity index (χ0v) is 15.3. The van der Waals surface area contributed by atoms with E-state index in [2.05, 4.69) is 76.2 Å². The molecule has 2 nitrogen and oxygen atoms in total. The third kappa shape index (κ3) is 3.82. The van der Waals surface area contributed by atoms with Gasteiger partial charge in [0.1, 0.15) is 12.6 Å². The Labute approximate surface area is 140 Å². The largest absolute Gasteiger partial charge is 0.478 e. The van der Waals surface area contributed by atoms with Crippen LogP contribution in [0.2, 0.25) is 0 Å². The molecule has 2 atom stereocenters. The van der Waals surface area contributed by atoms with Crippen LogP contribution in [-0.4, -0.2) is 12.5 Å². The molecule has 0 N–H and O–H groups in total. The third-order valence-electron chi connectivity index (χ3n) is 3.94. The van der Waals surface area contributed by atoms with Crippen LogP contribution < -0.4 is 10.6 Å². The van der Waals surface area contributed by atoms with Crippen LogP contribution in [-0.2, 0) is 4.74 Å². The summed E-state index contributed by atoms with van der Waals surface area (Å²) >= 11 is 0. The lowest BCUT2D eigenvalue weighted by molar-refractivity contribution is 0.283. The Balaban J connectivity index is 1.87. The van der Waals surface area contributed by atoms with Crippen LogP contribution in [0, 0.1) is 12.3 Å². The number of nitrogens with zero attached hydrogens (tertiary/aromatic N) is 1.